The van der Waals surface area contributed by atoms with Crippen LogP contribution in [0.3, 0.4) is 0 Å². The minimum atomic E-state index is -0.990. The molecule has 0 saturated carbocycles. The first-order valence-corrected chi connectivity index (χ1v) is 6.29. The molecule has 0 amide bonds. The Hall–Kier alpha value is -3.08. The lowest BCUT2D eigenvalue weighted by molar-refractivity contribution is 0.0698. The molecule has 21 heavy (non-hydrogen) atoms. The topological polar surface area (TPSA) is 76.0 Å². The summed E-state index contributed by atoms with van der Waals surface area (Å²) in [5.41, 5.74) is 2.90. The van der Waals surface area contributed by atoms with Crippen LogP contribution in [0.5, 0.6) is 0 Å². The molecule has 0 aliphatic carbocycles. The molecule has 3 aromatic rings. The molecule has 5 heteroatoms. The second-order valence-corrected chi connectivity index (χ2v) is 4.39. The highest BCUT2D eigenvalue weighted by atomic mass is 16.4. The fraction of sp³-hybridized carbons (Fsp3) is 0. The number of aromatic carboxylic acids is 1. The van der Waals surface area contributed by atoms with E-state index in [1.54, 1.807) is 61.4 Å². The minimum absolute atomic E-state index is 0.224. The molecule has 0 bridgehead atoms. The molecule has 3 aromatic heterocycles. The van der Waals surface area contributed by atoms with E-state index >= 15 is 0 Å². The Morgan fingerprint density at radius 2 is 1.19 bits per heavy atom. The molecule has 5 nitrogen and oxygen atoms in total. The van der Waals surface area contributed by atoms with E-state index in [1.807, 2.05) is 0 Å². The van der Waals surface area contributed by atoms with Crippen molar-refractivity contribution in [1.29, 1.82) is 0 Å². The predicted octanol–water partition coefficient (Wildman–Crippen LogP) is 2.90. The molecule has 0 atom stereocenters. The molecule has 0 radical (unpaired) electrons. The smallest absolute Gasteiger partial charge is 0.337 e. The number of aromatic nitrogens is 3. The quantitative estimate of drug-likeness (QED) is 0.796. The third-order valence-corrected chi connectivity index (χ3v) is 3.14. The largest absolute Gasteiger partial charge is 0.478 e. The van der Waals surface area contributed by atoms with Gasteiger partial charge in [0.15, 0.2) is 0 Å². The number of nitrogens with zero attached hydrogens (tertiary/aromatic N) is 3. The Kier molecular flexibility index (Phi) is 3.39. The van der Waals surface area contributed by atoms with E-state index in [0.29, 0.717) is 11.1 Å². The first kappa shape index (κ1) is 12.9. The van der Waals surface area contributed by atoms with Gasteiger partial charge in [-0.05, 0) is 35.4 Å². The fourth-order valence-electron chi connectivity index (χ4n) is 2.19. The molecule has 0 aromatic carbocycles. The van der Waals surface area contributed by atoms with E-state index in [-0.39, 0.29) is 5.56 Å². The van der Waals surface area contributed by atoms with Gasteiger partial charge in [-0.15, -0.1) is 0 Å². The van der Waals surface area contributed by atoms with E-state index in [1.165, 1.54) is 0 Å². The van der Waals surface area contributed by atoms with Crippen LogP contribution < -0.4 is 0 Å². The second-order valence-electron chi connectivity index (χ2n) is 4.39. The summed E-state index contributed by atoms with van der Waals surface area (Å²) in [5, 5.41) is 9.61. The molecular formula is C16H11N3O2. The minimum Gasteiger partial charge on any atom is -0.478 e. The van der Waals surface area contributed by atoms with Crippen LogP contribution in [0.25, 0.3) is 22.3 Å². The Morgan fingerprint density at radius 3 is 1.57 bits per heavy atom. The van der Waals surface area contributed by atoms with Crippen LogP contribution in [-0.4, -0.2) is 26.0 Å². The van der Waals surface area contributed by atoms with Crippen LogP contribution in [0.15, 0.2) is 61.4 Å². The standard InChI is InChI=1S/C16H11N3O2/c20-16(21)15-13(11-1-5-17-6-2-11)9-19-10-14(15)12-3-7-18-8-4-12/h1-10H,(H,20,21). The van der Waals surface area contributed by atoms with Gasteiger partial charge in [0.25, 0.3) is 0 Å². The van der Waals surface area contributed by atoms with Gasteiger partial charge in [0.2, 0.25) is 0 Å². The summed E-state index contributed by atoms with van der Waals surface area (Å²) in [5.74, 6) is -0.990. The number of carboxylic acids is 1. The maximum atomic E-state index is 11.7. The van der Waals surface area contributed by atoms with E-state index < -0.39 is 5.97 Å². The first-order chi connectivity index (χ1) is 10.3. The monoisotopic (exact) mass is 277 g/mol. The van der Waals surface area contributed by atoms with Gasteiger partial charge in [0.1, 0.15) is 0 Å². The molecule has 0 unspecified atom stereocenters. The number of rotatable bonds is 3. The van der Waals surface area contributed by atoms with Crippen LogP contribution >= 0.6 is 0 Å². The lowest BCUT2D eigenvalue weighted by Gasteiger charge is -2.11. The molecule has 0 spiro atoms. The van der Waals surface area contributed by atoms with Gasteiger partial charge < -0.3 is 5.11 Å². The normalized spacial score (nSPS) is 10.3. The zero-order chi connectivity index (χ0) is 14.7. The zero-order valence-corrected chi connectivity index (χ0v) is 11.0. The maximum absolute atomic E-state index is 11.7. The predicted molar refractivity (Wildman–Crippen MR) is 77.7 cm³/mol. The van der Waals surface area contributed by atoms with Gasteiger partial charge >= 0.3 is 5.97 Å². The van der Waals surface area contributed by atoms with Gasteiger partial charge in [0.05, 0.1) is 5.56 Å². The van der Waals surface area contributed by atoms with Crippen molar-refractivity contribution in [3.05, 3.63) is 67.0 Å². The number of carboxylic acid groups (broad SMARTS) is 1. The van der Waals surface area contributed by atoms with Crippen molar-refractivity contribution >= 4 is 5.97 Å². The highest BCUT2D eigenvalue weighted by Crippen LogP contribution is 2.30. The van der Waals surface area contributed by atoms with Gasteiger partial charge in [-0.3, -0.25) is 15.0 Å². The number of pyridine rings is 3. The van der Waals surface area contributed by atoms with Crippen molar-refractivity contribution in [2.24, 2.45) is 0 Å². The maximum Gasteiger partial charge on any atom is 0.337 e. The van der Waals surface area contributed by atoms with Crippen molar-refractivity contribution in [3.8, 4) is 22.3 Å². The lowest BCUT2D eigenvalue weighted by atomic mass is 9.95. The number of hydrogen-bond donors (Lipinski definition) is 1. The number of hydrogen-bond acceptors (Lipinski definition) is 4. The highest BCUT2D eigenvalue weighted by molar-refractivity contribution is 6.02. The summed E-state index contributed by atoms with van der Waals surface area (Å²) >= 11 is 0. The molecule has 1 N–H and O–H groups in total. The van der Waals surface area contributed by atoms with Crippen LogP contribution in [0.1, 0.15) is 10.4 Å². The summed E-state index contributed by atoms with van der Waals surface area (Å²) in [6, 6.07) is 7.05. The molecule has 3 heterocycles. The number of carbonyl (C=O) groups is 1. The molecular weight excluding hydrogens is 266 g/mol. The fourth-order valence-corrected chi connectivity index (χ4v) is 2.19. The van der Waals surface area contributed by atoms with E-state index in [4.69, 9.17) is 0 Å². The van der Waals surface area contributed by atoms with Gasteiger partial charge in [0, 0.05) is 48.3 Å². The molecule has 0 fully saturated rings. The van der Waals surface area contributed by atoms with E-state index in [2.05, 4.69) is 15.0 Å². The SMILES string of the molecule is O=C(O)c1c(-c2ccncc2)cncc1-c1ccncc1. The summed E-state index contributed by atoms with van der Waals surface area (Å²) in [6.07, 6.45) is 9.62. The second kappa shape index (κ2) is 5.50. The molecule has 0 aliphatic heterocycles. The van der Waals surface area contributed by atoms with Gasteiger partial charge in [-0.2, -0.15) is 0 Å². The first-order valence-electron chi connectivity index (χ1n) is 6.29. The van der Waals surface area contributed by atoms with Crippen LogP contribution in [0, 0.1) is 0 Å². The Morgan fingerprint density at radius 1 is 0.762 bits per heavy atom. The Labute approximate surface area is 121 Å². The van der Waals surface area contributed by atoms with Crippen molar-refractivity contribution in [3.63, 3.8) is 0 Å². The van der Waals surface area contributed by atoms with Crippen LogP contribution in [-0.2, 0) is 0 Å². The molecule has 0 aliphatic rings. The average molecular weight is 277 g/mol. The summed E-state index contributed by atoms with van der Waals surface area (Å²) < 4.78 is 0. The molecule has 0 saturated heterocycles. The summed E-state index contributed by atoms with van der Waals surface area (Å²) in [6.45, 7) is 0. The lowest BCUT2D eigenvalue weighted by Crippen LogP contribution is -2.04. The summed E-state index contributed by atoms with van der Waals surface area (Å²) in [4.78, 5) is 23.8. The van der Waals surface area contributed by atoms with Crippen molar-refractivity contribution in [1.82, 2.24) is 15.0 Å². The third kappa shape index (κ3) is 2.49. The zero-order valence-electron chi connectivity index (χ0n) is 11.0. The van der Waals surface area contributed by atoms with Gasteiger partial charge in [-0.25, -0.2) is 4.79 Å². The van der Waals surface area contributed by atoms with Crippen molar-refractivity contribution < 1.29 is 9.90 Å². The summed E-state index contributed by atoms with van der Waals surface area (Å²) in [7, 11) is 0. The van der Waals surface area contributed by atoms with Crippen molar-refractivity contribution in [2.45, 2.75) is 0 Å². The average Bonchev–Trinajstić information content (AvgIpc) is 2.55. The van der Waals surface area contributed by atoms with Crippen LogP contribution in [0.4, 0.5) is 0 Å². The van der Waals surface area contributed by atoms with Crippen molar-refractivity contribution in [2.75, 3.05) is 0 Å². The molecule has 102 valence electrons. The van der Waals surface area contributed by atoms with Crippen LogP contribution in [0.2, 0.25) is 0 Å². The Bertz CT molecular complexity index is 716. The van der Waals surface area contributed by atoms with E-state index in [9.17, 15) is 9.90 Å². The van der Waals surface area contributed by atoms with E-state index in [0.717, 1.165) is 11.1 Å². The van der Waals surface area contributed by atoms with Gasteiger partial charge in [-0.1, -0.05) is 0 Å². The molecule has 3 rings (SSSR count). The third-order valence-electron chi connectivity index (χ3n) is 3.14. The Balaban J connectivity index is 2.26. The highest BCUT2D eigenvalue weighted by Gasteiger charge is 2.18.